The summed E-state index contributed by atoms with van der Waals surface area (Å²) >= 11 is 0. The third-order valence-electron chi connectivity index (χ3n) is 4.50. The number of benzene rings is 2. The van der Waals surface area contributed by atoms with E-state index in [2.05, 4.69) is 21.1 Å². The highest BCUT2D eigenvalue weighted by atomic mass is 16.3. The summed E-state index contributed by atoms with van der Waals surface area (Å²) in [5, 5.41) is 46.1. The molecule has 6 N–H and O–H groups in total. The van der Waals surface area contributed by atoms with E-state index in [9.17, 15) is 30.0 Å². The van der Waals surface area contributed by atoms with Gasteiger partial charge in [0.25, 0.3) is 0 Å². The molecule has 10 heteroatoms. The maximum absolute atomic E-state index is 11.9. The first-order valence-electron chi connectivity index (χ1n) is 9.88. The molecule has 0 saturated carbocycles. The number of hydrogen-bond donors (Lipinski definition) is 6. The van der Waals surface area contributed by atoms with E-state index >= 15 is 0 Å². The number of phenols is 4. The van der Waals surface area contributed by atoms with Crippen LogP contribution in [0.2, 0.25) is 0 Å². The van der Waals surface area contributed by atoms with Crippen LogP contribution in [0.5, 0.6) is 23.0 Å². The maximum atomic E-state index is 11.9. The molecular weight excluding hydrogens is 416 g/mol. The molecule has 0 bridgehead atoms. The first-order chi connectivity index (χ1) is 15.2. The predicted octanol–water partition coefficient (Wildman–Crippen LogP) is 2.45. The fourth-order valence-electron chi connectivity index (χ4n) is 2.75. The smallest absolute Gasteiger partial charge is 0.240 e. The molecular formula is C22H26N4O6. The third kappa shape index (κ3) is 7.31. The second-order valence-electron chi connectivity index (χ2n) is 7.07. The normalized spacial score (nSPS) is 11.8. The van der Waals surface area contributed by atoms with Gasteiger partial charge >= 0.3 is 0 Å². The van der Waals surface area contributed by atoms with Gasteiger partial charge < -0.3 is 20.4 Å². The van der Waals surface area contributed by atoms with Crippen LogP contribution in [0.15, 0.2) is 46.6 Å². The van der Waals surface area contributed by atoms with Crippen LogP contribution in [0.25, 0.3) is 0 Å². The van der Waals surface area contributed by atoms with E-state index in [-0.39, 0.29) is 47.7 Å². The molecule has 32 heavy (non-hydrogen) atoms. The van der Waals surface area contributed by atoms with Gasteiger partial charge in [-0.05, 0) is 51.0 Å². The lowest BCUT2D eigenvalue weighted by molar-refractivity contribution is -0.123. The van der Waals surface area contributed by atoms with Crippen molar-refractivity contribution in [3.63, 3.8) is 0 Å². The molecule has 0 aliphatic carbocycles. The van der Waals surface area contributed by atoms with E-state index in [4.69, 9.17) is 0 Å². The number of nitrogens with zero attached hydrogens (tertiary/aromatic N) is 2. The van der Waals surface area contributed by atoms with Crippen molar-refractivity contribution in [3.05, 3.63) is 47.5 Å². The van der Waals surface area contributed by atoms with Gasteiger partial charge in [0.2, 0.25) is 11.8 Å². The molecule has 2 amide bonds. The van der Waals surface area contributed by atoms with Crippen molar-refractivity contribution in [3.8, 4) is 23.0 Å². The van der Waals surface area contributed by atoms with Gasteiger partial charge in [-0.1, -0.05) is 0 Å². The third-order valence-corrected chi connectivity index (χ3v) is 4.50. The van der Waals surface area contributed by atoms with Crippen LogP contribution in [0, 0.1) is 0 Å². The molecule has 2 aromatic carbocycles. The van der Waals surface area contributed by atoms with Crippen LogP contribution in [-0.2, 0) is 9.59 Å². The lowest BCUT2D eigenvalue weighted by atomic mass is 10.1. The van der Waals surface area contributed by atoms with Crippen molar-refractivity contribution < 1.29 is 30.0 Å². The zero-order valence-electron chi connectivity index (χ0n) is 17.8. The van der Waals surface area contributed by atoms with Gasteiger partial charge in [-0.2, -0.15) is 10.2 Å². The van der Waals surface area contributed by atoms with Crippen molar-refractivity contribution in [2.45, 2.75) is 39.5 Å². The van der Waals surface area contributed by atoms with Gasteiger partial charge in [0.05, 0.1) is 11.4 Å². The molecule has 0 heterocycles. The minimum Gasteiger partial charge on any atom is -0.508 e. The molecule has 2 rings (SSSR count). The lowest BCUT2D eigenvalue weighted by Gasteiger charge is -2.06. The van der Waals surface area contributed by atoms with Crippen molar-refractivity contribution in [2.75, 3.05) is 0 Å². The van der Waals surface area contributed by atoms with E-state index in [1.165, 1.54) is 36.4 Å². The van der Waals surface area contributed by atoms with Crippen molar-refractivity contribution in [2.24, 2.45) is 10.2 Å². The Hall–Kier alpha value is -4.08. The van der Waals surface area contributed by atoms with Crippen LogP contribution < -0.4 is 10.9 Å². The van der Waals surface area contributed by atoms with E-state index in [1.54, 1.807) is 13.8 Å². The highest BCUT2D eigenvalue weighted by Crippen LogP contribution is 2.23. The van der Waals surface area contributed by atoms with Crippen LogP contribution in [0.1, 0.15) is 50.7 Å². The van der Waals surface area contributed by atoms with Crippen LogP contribution in [-0.4, -0.2) is 43.7 Å². The van der Waals surface area contributed by atoms with Crippen molar-refractivity contribution >= 4 is 23.2 Å². The average Bonchev–Trinajstić information content (AvgIpc) is 2.73. The highest BCUT2D eigenvalue weighted by Gasteiger charge is 2.09. The molecule has 0 atom stereocenters. The first kappa shape index (κ1) is 24.2. The largest absolute Gasteiger partial charge is 0.508 e. The fourth-order valence-corrected chi connectivity index (χ4v) is 2.75. The van der Waals surface area contributed by atoms with E-state index in [0.29, 0.717) is 35.4 Å². The minimum atomic E-state index is -0.334. The molecule has 0 unspecified atom stereocenters. The Bertz CT molecular complexity index is 965. The molecule has 0 spiro atoms. The second-order valence-corrected chi connectivity index (χ2v) is 7.07. The average molecular weight is 442 g/mol. The Morgan fingerprint density at radius 2 is 1.09 bits per heavy atom. The summed E-state index contributed by atoms with van der Waals surface area (Å²) < 4.78 is 0. The Morgan fingerprint density at radius 3 is 1.44 bits per heavy atom. The van der Waals surface area contributed by atoms with Gasteiger partial charge in [0.15, 0.2) is 0 Å². The van der Waals surface area contributed by atoms with Gasteiger partial charge in [0.1, 0.15) is 23.0 Å². The molecule has 0 aliphatic heterocycles. The standard InChI is InChI=1S/C22H26N4O6/c1-13(17-9-7-15(27)11-19(17)29)23-25-21(31)5-3-4-6-22(32)26-24-14(2)18-10-8-16(28)12-20(18)30/h7-12,27-30H,3-6H2,1-2H3,(H,25,31)(H,26,32). The highest BCUT2D eigenvalue weighted by molar-refractivity contribution is 6.02. The van der Waals surface area contributed by atoms with Crippen LogP contribution in [0.3, 0.4) is 0 Å². The number of aromatic hydroxyl groups is 4. The molecule has 0 aliphatic rings. The zero-order chi connectivity index (χ0) is 23.7. The second kappa shape index (κ2) is 11.3. The summed E-state index contributed by atoms with van der Waals surface area (Å²) in [6, 6.07) is 8.14. The number of nitrogens with one attached hydrogen (secondary N) is 2. The Balaban J connectivity index is 1.72. The summed E-state index contributed by atoms with van der Waals surface area (Å²) in [6.45, 7) is 3.22. The number of hydrogen-bond acceptors (Lipinski definition) is 8. The number of carbonyl (C=O) groups excluding carboxylic acids is 2. The summed E-state index contributed by atoms with van der Waals surface area (Å²) in [5.74, 6) is -1.12. The Morgan fingerprint density at radius 1 is 0.719 bits per heavy atom. The number of carbonyl (C=O) groups is 2. The van der Waals surface area contributed by atoms with E-state index < -0.39 is 0 Å². The number of hydrazone groups is 2. The topological polar surface area (TPSA) is 164 Å². The van der Waals surface area contributed by atoms with Crippen molar-refractivity contribution in [1.82, 2.24) is 10.9 Å². The summed E-state index contributed by atoms with van der Waals surface area (Å²) in [7, 11) is 0. The van der Waals surface area contributed by atoms with E-state index in [1.807, 2.05) is 0 Å². The van der Waals surface area contributed by atoms with Gasteiger partial charge in [-0.25, -0.2) is 10.9 Å². The molecule has 170 valence electrons. The molecule has 0 saturated heterocycles. The molecule has 0 aromatic heterocycles. The molecule has 0 radical (unpaired) electrons. The zero-order valence-corrected chi connectivity index (χ0v) is 17.8. The van der Waals surface area contributed by atoms with Gasteiger partial charge in [-0.15, -0.1) is 0 Å². The van der Waals surface area contributed by atoms with Crippen LogP contribution in [0.4, 0.5) is 0 Å². The Labute approximate surface area is 184 Å². The summed E-state index contributed by atoms with van der Waals surface area (Å²) in [4.78, 5) is 23.8. The molecule has 10 nitrogen and oxygen atoms in total. The number of unbranched alkanes of at least 4 members (excludes halogenated alkanes) is 1. The lowest BCUT2D eigenvalue weighted by Crippen LogP contribution is -2.20. The minimum absolute atomic E-state index is 0.0773. The van der Waals surface area contributed by atoms with E-state index in [0.717, 1.165) is 0 Å². The Kier molecular flexibility index (Phi) is 8.58. The number of phenolic OH excluding ortho intramolecular Hbond substituents is 4. The SMILES string of the molecule is CC(=NNC(=O)CCCCC(=O)NN=C(C)c1ccc(O)cc1O)c1ccc(O)cc1O. The monoisotopic (exact) mass is 442 g/mol. The van der Waals surface area contributed by atoms with Crippen LogP contribution >= 0.6 is 0 Å². The van der Waals surface area contributed by atoms with Gasteiger partial charge in [0, 0.05) is 36.1 Å². The fraction of sp³-hybridized carbons (Fsp3) is 0.273. The predicted molar refractivity (Wildman–Crippen MR) is 119 cm³/mol. The number of rotatable bonds is 9. The maximum Gasteiger partial charge on any atom is 0.240 e. The summed E-state index contributed by atoms with van der Waals surface area (Å²) in [6.07, 6.45) is 1.24. The molecule has 2 aromatic rings. The quantitative estimate of drug-likeness (QED) is 0.198. The van der Waals surface area contributed by atoms with Gasteiger partial charge in [-0.3, -0.25) is 9.59 Å². The summed E-state index contributed by atoms with van der Waals surface area (Å²) in [5.41, 5.74) is 6.31. The molecule has 0 fully saturated rings. The van der Waals surface area contributed by atoms with Crippen molar-refractivity contribution in [1.29, 1.82) is 0 Å². The number of amides is 2. The first-order valence-corrected chi connectivity index (χ1v) is 9.88.